The van der Waals surface area contributed by atoms with Gasteiger partial charge in [-0.3, -0.25) is 4.79 Å². The summed E-state index contributed by atoms with van der Waals surface area (Å²) in [7, 11) is 3.79. The molecule has 1 heterocycles. The summed E-state index contributed by atoms with van der Waals surface area (Å²) in [6, 6.07) is 1.83. The fourth-order valence-electron chi connectivity index (χ4n) is 1.04. The first kappa shape index (κ1) is 9.51. The number of carbonyl (C=O) groups is 1. The van der Waals surface area contributed by atoms with Gasteiger partial charge in [0.1, 0.15) is 5.82 Å². The molecule has 0 aliphatic carbocycles. The van der Waals surface area contributed by atoms with Crippen LogP contribution < -0.4 is 10.6 Å². The van der Waals surface area contributed by atoms with E-state index in [0.29, 0.717) is 5.56 Å². The second-order valence-corrected chi connectivity index (χ2v) is 3.12. The lowest BCUT2D eigenvalue weighted by Crippen LogP contribution is -2.16. The number of aromatic nitrogens is 1. The van der Waals surface area contributed by atoms with Crippen LogP contribution in [-0.2, 0) is 0 Å². The lowest BCUT2D eigenvalue weighted by molar-refractivity contribution is 0.0999. The minimum Gasteiger partial charge on any atom is -0.366 e. The highest BCUT2D eigenvalue weighted by Gasteiger charge is 2.06. The fraction of sp³-hybridized carbons (Fsp3) is 0.333. The summed E-state index contributed by atoms with van der Waals surface area (Å²) in [4.78, 5) is 16.8. The summed E-state index contributed by atoms with van der Waals surface area (Å²) in [5.74, 6) is 0.387. The third kappa shape index (κ3) is 1.96. The highest BCUT2D eigenvalue weighted by atomic mass is 16.1. The number of carbonyl (C=O) groups excluding carboxylic acids is 1. The first-order chi connectivity index (χ1) is 6.02. The van der Waals surface area contributed by atoms with E-state index in [-0.39, 0.29) is 0 Å². The molecule has 4 heteroatoms. The van der Waals surface area contributed by atoms with Gasteiger partial charge in [-0.1, -0.05) is 0 Å². The predicted molar refractivity (Wildman–Crippen MR) is 51.8 cm³/mol. The predicted octanol–water partition coefficient (Wildman–Crippen LogP) is 0.555. The van der Waals surface area contributed by atoms with Crippen molar-refractivity contribution in [1.82, 2.24) is 4.98 Å². The maximum absolute atomic E-state index is 10.9. The monoisotopic (exact) mass is 179 g/mol. The molecule has 0 aromatic carbocycles. The summed E-state index contributed by atoms with van der Waals surface area (Å²) in [6.07, 6.45) is 1.51. The Kier molecular flexibility index (Phi) is 2.51. The number of hydrogen-bond acceptors (Lipinski definition) is 3. The number of nitrogens with zero attached hydrogens (tertiary/aromatic N) is 2. The zero-order valence-corrected chi connectivity index (χ0v) is 8.03. The van der Waals surface area contributed by atoms with Crippen molar-refractivity contribution >= 4 is 11.7 Å². The Morgan fingerprint density at radius 2 is 2.15 bits per heavy atom. The molecule has 4 nitrogen and oxygen atoms in total. The molecule has 1 aromatic rings. The topological polar surface area (TPSA) is 59.2 Å². The molecule has 0 saturated heterocycles. The van der Waals surface area contributed by atoms with Gasteiger partial charge in [0.05, 0.1) is 5.56 Å². The van der Waals surface area contributed by atoms with Crippen LogP contribution in [-0.4, -0.2) is 25.0 Å². The zero-order chi connectivity index (χ0) is 10.0. The van der Waals surface area contributed by atoms with Gasteiger partial charge in [0.25, 0.3) is 5.91 Å². The summed E-state index contributed by atoms with van der Waals surface area (Å²) in [5, 5.41) is 0. The molecule has 0 bridgehead atoms. The summed E-state index contributed by atoms with van der Waals surface area (Å²) >= 11 is 0. The summed E-state index contributed by atoms with van der Waals surface area (Å²) in [5.41, 5.74) is 6.48. The van der Waals surface area contributed by atoms with Gasteiger partial charge in [0.15, 0.2) is 0 Å². The van der Waals surface area contributed by atoms with Crippen molar-refractivity contribution in [2.24, 2.45) is 5.73 Å². The molecule has 2 N–H and O–H groups in total. The number of pyridine rings is 1. The first-order valence-corrected chi connectivity index (χ1v) is 3.96. The van der Waals surface area contributed by atoms with Crippen LogP contribution in [0.3, 0.4) is 0 Å². The Morgan fingerprint density at radius 3 is 2.54 bits per heavy atom. The van der Waals surface area contributed by atoms with Gasteiger partial charge in [-0.25, -0.2) is 4.98 Å². The van der Waals surface area contributed by atoms with Gasteiger partial charge in [-0.05, 0) is 18.6 Å². The third-order valence-corrected chi connectivity index (χ3v) is 1.82. The first-order valence-electron chi connectivity index (χ1n) is 3.96. The van der Waals surface area contributed by atoms with Gasteiger partial charge < -0.3 is 10.6 Å². The van der Waals surface area contributed by atoms with Crippen LogP contribution in [0.25, 0.3) is 0 Å². The molecule has 0 atom stereocenters. The second kappa shape index (κ2) is 3.43. The quantitative estimate of drug-likeness (QED) is 0.721. The van der Waals surface area contributed by atoms with E-state index >= 15 is 0 Å². The molecule has 1 rings (SSSR count). The maximum atomic E-state index is 10.9. The highest BCUT2D eigenvalue weighted by molar-refractivity contribution is 5.94. The van der Waals surface area contributed by atoms with Crippen LogP contribution in [0.4, 0.5) is 5.82 Å². The third-order valence-electron chi connectivity index (χ3n) is 1.82. The smallest absolute Gasteiger partial charge is 0.250 e. The lowest BCUT2D eigenvalue weighted by Gasteiger charge is -2.12. The molecule has 0 unspecified atom stereocenters. The van der Waals surface area contributed by atoms with E-state index in [0.717, 1.165) is 11.4 Å². The lowest BCUT2D eigenvalue weighted by atomic mass is 10.1. The molecule has 0 radical (unpaired) electrons. The molecular formula is C9H13N3O. The van der Waals surface area contributed by atoms with Gasteiger partial charge in [-0.2, -0.15) is 0 Å². The van der Waals surface area contributed by atoms with E-state index in [1.807, 2.05) is 32.0 Å². The molecule has 1 amide bonds. The Bertz CT molecular complexity index is 334. The van der Waals surface area contributed by atoms with Crippen molar-refractivity contribution in [2.75, 3.05) is 19.0 Å². The van der Waals surface area contributed by atoms with E-state index < -0.39 is 5.91 Å². The van der Waals surface area contributed by atoms with Crippen LogP contribution in [0.1, 0.15) is 15.9 Å². The van der Waals surface area contributed by atoms with Crippen molar-refractivity contribution in [2.45, 2.75) is 6.92 Å². The average molecular weight is 179 g/mol. The summed E-state index contributed by atoms with van der Waals surface area (Å²) in [6.45, 7) is 1.84. The fourth-order valence-corrected chi connectivity index (χ4v) is 1.04. The zero-order valence-electron chi connectivity index (χ0n) is 8.03. The van der Waals surface area contributed by atoms with Crippen LogP contribution in [0, 0.1) is 6.92 Å². The summed E-state index contributed by atoms with van der Waals surface area (Å²) < 4.78 is 0. The van der Waals surface area contributed by atoms with Crippen molar-refractivity contribution in [3.8, 4) is 0 Å². The van der Waals surface area contributed by atoms with E-state index in [4.69, 9.17) is 5.73 Å². The number of amides is 1. The van der Waals surface area contributed by atoms with Gasteiger partial charge >= 0.3 is 0 Å². The molecule has 70 valence electrons. The van der Waals surface area contributed by atoms with Crippen molar-refractivity contribution in [3.63, 3.8) is 0 Å². The Balaban J connectivity index is 3.13. The molecule has 0 saturated carbocycles. The minimum absolute atomic E-state index is 0.435. The number of aryl methyl sites for hydroxylation is 1. The second-order valence-electron chi connectivity index (χ2n) is 3.12. The van der Waals surface area contributed by atoms with Gasteiger partial charge in [-0.15, -0.1) is 0 Å². The van der Waals surface area contributed by atoms with Crippen LogP contribution >= 0.6 is 0 Å². The SMILES string of the molecule is Cc1cc(N(C)C)ncc1C(N)=O. The Hall–Kier alpha value is -1.58. The van der Waals surface area contributed by atoms with Gasteiger partial charge in [0, 0.05) is 20.3 Å². The molecule has 0 spiro atoms. The van der Waals surface area contributed by atoms with Crippen molar-refractivity contribution < 1.29 is 4.79 Å². The highest BCUT2D eigenvalue weighted by Crippen LogP contribution is 2.12. The van der Waals surface area contributed by atoms with Crippen molar-refractivity contribution in [1.29, 1.82) is 0 Å². The van der Waals surface area contributed by atoms with E-state index in [9.17, 15) is 4.79 Å². The molecule has 1 aromatic heterocycles. The normalized spacial score (nSPS) is 9.77. The number of nitrogens with two attached hydrogens (primary N) is 1. The molecule has 0 fully saturated rings. The Labute approximate surface area is 77.4 Å². The van der Waals surface area contributed by atoms with Gasteiger partial charge in [0.2, 0.25) is 0 Å². The molecule has 13 heavy (non-hydrogen) atoms. The minimum atomic E-state index is -0.435. The molecule has 0 aliphatic heterocycles. The average Bonchev–Trinajstić information content (AvgIpc) is 2.03. The maximum Gasteiger partial charge on any atom is 0.250 e. The molecule has 0 aliphatic rings. The number of anilines is 1. The van der Waals surface area contributed by atoms with Crippen LogP contribution in [0.15, 0.2) is 12.3 Å². The van der Waals surface area contributed by atoms with Crippen LogP contribution in [0.2, 0.25) is 0 Å². The van der Waals surface area contributed by atoms with E-state index in [1.165, 1.54) is 6.20 Å². The van der Waals surface area contributed by atoms with Crippen molar-refractivity contribution in [3.05, 3.63) is 23.4 Å². The Morgan fingerprint density at radius 1 is 1.54 bits per heavy atom. The number of hydrogen-bond donors (Lipinski definition) is 1. The largest absolute Gasteiger partial charge is 0.366 e. The van der Waals surface area contributed by atoms with E-state index in [1.54, 1.807) is 0 Å². The molecular weight excluding hydrogens is 166 g/mol. The number of primary amides is 1. The van der Waals surface area contributed by atoms with Crippen LogP contribution in [0.5, 0.6) is 0 Å². The van der Waals surface area contributed by atoms with E-state index in [2.05, 4.69) is 4.98 Å². The standard InChI is InChI=1S/C9H13N3O/c1-6-4-8(12(2)3)11-5-7(6)9(10)13/h4-5H,1-3H3,(H2,10,13). The number of rotatable bonds is 2.